The number of hydrogen-bond donors (Lipinski definition) is 2. The van der Waals surface area contributed by atoms with Gasteiger partial charge in [0.05, 0.1) is 17.1 Å². The van der Waals surface area contributed by atoms with Gasteiger partial charge in [-0.1, -0.05) is 18.6 Å². The Kier molecular flexibility index (Phi) is 9.28. The normalized spacial score (nSPS) is 17.4. The summed E-state index contributed by atoms with van der Waals surface area (Å²) < 4.78 is 69.7. The lowest BCUT2D eigenvalue weighted by Gasteiger charge is -2.28. The highest BCUT2D eigenvalue weighted by atomic mass is 79.9. The second kappa shape index (κ2) is 12.5. The lowest BCUT2D eigenvalue weighted by Crippen LogP contribution is -2.37. The number of anilines is 1. The number of H-pyrrole nitrogens is 1. The number of halogens is 4. The van der Waals surface area contributed by atoms with Crippen molar-refractivity contribution in [1.82, 2.24) is 15.0 Å². The number of alkyl halides is 3. The zero-order valence-corrected chi connectivity index (χ0v) is 24.0. The fraction of sp³-hybridized carbons (Fsp3) is 0.370. The Labute approximate surface area is 241 Å². The van der Waals surface area contributed by atoms with Crippen LogP contribution in [-0.4, -0.2) is 53.1 Å². The van der Waals surface area contributed by atoms with Crippen LogP contribution < -0.4 is 10.5 Å². The van der Waals surface area contributed by atoms with Gasteiger partial charge in [0.25, 0.3) is 12.0 Å². The minimum absolute atomic E-state index is 0.00164. The van der Waals surface area contributed by atoms with Crippen LogP contribution in [0.4, 0.5) is 19.0 Å². The van der Waals surface area contributed by atoms with Crippen LogP contribution in [-0.2, 0) is 15.5 Å². The molecule has 2 aliphatic heterocycles. The van der Waals surface area contributed by atoms with E-state index < -0.39 is 33.3 Å². The number of aromatic nitrogens is 3. The summed E-state index contributed by atoms with van der Waals surface area (Å²) in [4.78, 5) is 24.1. The van der Waals surface area contributed by atoms with Crippen molar-refractivity contribution < 1.29 is 31.1 Å². The standard InChI is InChI=1S/C15H13F2N3O.C10H11BrFNO3S.C2H2O/c16-13(17)14-18-11-9-5-1-2-6-10(9)21-12(11)15(19-14)20-7-3-4-8-20;11-7-5-8(9(14)13-6-7)10(12)1-3-17(15,16)4-2-10;1-2-3/h1-2,5-6,13H,3-4,7-8H2;5-6H,1-4H2,(H,13,14);1,3H. The lowest BCUT2D eigenvalue weighted by molar-refractivity contribution is 0.141. The van der Waals surface area contributed by atoms with Crippen LogP contribution in [0.25, 0.3) is 22.1 Å². The van der Waals surface area contributed by atoms with Crippen molar-refractivity contribution >= 4 is 53.7 Å². The molecule has 2 aliphatic rings. The van der Waals surface area contributed by atoms with E-state index in [0.29, 0.717) is 27.0 Å². The van der Waals surface area contributed by atoms with Gasteiger partial charge in [0.1, 0.15) is 22.9 Å². The number of benzene rings is 1. The van der Waals surface area contributed by atoms with Crippen molar-refractivity contribution in [3.8, 4) is 12.5 Å². The average Bonchev–Trinajstić information content (AvgIpc) is 3.61. The molecule has 2 N–H and O–H groups in total. The number of nitrogens with one attached hydrogen (secondary N) is 1. The molecule has 4 aromatic rings. The number of rotatable bonds is 3. The zero-order chi connectivity index (χ0) is 29.8. The van der Waals surface area contributed by atoms with Crippen LogP contribution in [0.2, 0.25) is 0 Å². The zero-order valence-electron chi connectivity index (χ0n) is 21.6. The Morgan fingerprint density at radius 3 is 2.44 bits per heavy atom. The van der Waals surface area contributed by atoms with Gasteiger partial charge in [-0.05, 0) is 59.8 Å². The number of para-hydroxylation sites is 1. The number of sulfone groups is 1. The highest BCUT2D eigenvalue weighted by molar-refractivity contribution is 9.10. The summed E-state index contributed by atoms with van der Waals surface area (Å²) in [5, 5.41) is 7.84. The second-order valence-electron chi connectivity index (χ2n) is 9.48. The highest BCUT2D eigenvalue weighted by Gasteiger charge is 2.40. The van der Waals surface area contributed by atoms with Gasteiger partial charge in [0.15, 0.2) is 27.1 Å². The molecule has 5 heterocycles. The Morgan fingerprint density at radius 2 is 1.80 bits per heavy atom. The summed E-state index contributed by atoms with van der Waals surface area (Å²) in [5.41, 5.74) is -0.728. The molecular formula is C27H26BrF3N4O5S. The summed E-state index contributed by atoms with van der Waals surface area (Å²) in [5.74, 6) is -0.370. The Bertz CT molecular complexity index is 1730. The van der Waals surface area contributed by atoms with Gasteiger partial charge < -0.3 is 19.4 Å². The minimum atomic E-state index is -3.15. The first kappa shape index (κ1) is 30.4. The van der Waals surface area contributed by atoms with Crippen LogP contribution in [0.5, 0.6) is 0 Å². The Hall–Kier alpha value is -3.57. The van der Waals surface area contributed by atoms with Crippen molar-refractivity contribution in [2.24, 2.45) is 0 Å². The van der Waals surface area contributed by atoms with Gasteiger partial charge in [-0.3, -0.25) is 4.79 Å². The Morgan fingerprint density at radius 1 is 1.17 bits per heavy atom. The number of aromatic amines is 1. The second-order valence-corrected chi connectivity index (χ2v) is 12.7. The molecule has 2 saturated heterocycles. The van der Waals surface area contributed by atoms with Crippen molar-refractivity contribution in [3.05, 3.63) is 62.7 Å². The largest absolute Gasteiger partial charge is 0.462 e. The molecule has 3 aromatic heterocycles. The predicted molar refractivity (Wildman–Crippen MR) is 152 cm³/mol. The van der Waals surface area contributed by atoms with Gasteiger partial charge in [0, 0.05) is 29.1 Å². The van der Waals surface area contributed by atoms with Crippen molar-refractivity contribution in [3.63, 3.8) is 0 Å². The van der Waals surface area contributed by atoms with Crippen LogP contribution in [0.1, 0.15) is 43.5 Å². The number of nitrogens with zero attached hydrogens (tertiary/aromatic N) is 3. The quantitative estimate of drug-likeness (QED) is 0.282. The van der Waals surface area contributed by atoms with E-state index in [4.69, 9.17) is 9.52 Å². The summed E-state index contributed by atoms with van der Waals surface area (Å²) >= 11 is 3.15. The van der Waals surface area contributed by atoms with E-state index in [2.05, 4.69) is 37.3 Å². The molecule has 14 heteroatoms. The average molecular weight is 655 g/mol. The molecule has 0 saturated carbocycles. The number of hydrogen-bond acceptors (Lipinski definition) is 8. The van der Waals surface area contributed by atoms with Crippen LogP contribution in [0.3, 0.4) is 0 Å². The van der Waals surface area contributed by atoms with E-state index in [1.807, 2.05) is 29.2 Å². The lowest BCUT2D eigenvalue weighted by atomic mass is 9.91. The Balaban J connectivity index is 0.000000176. The highest BCUT2D eigenvalue weighted by Crippen LogP contribution is 2.37. The van der Waals surface area contributed by atoms with Crippen LogP contribution in [0.15, 0.2) is 50.2 Å². The number of furan rings is 1. The molecule has 41 heavy (non-hydrogen) atoms. The number of fused-ring (bicyclic) bond motifs is 3. The number of pyridine rings is 1. The van der Waals surface area contributed by atoms with E-state index in [9.17, 15) is 26.4 Å². The predicted octanol–water partition coefficient (Wildman–Crippen LogP) is 5.37. The monoisotopic (exact) mass is 654 g/mol. The van der Waals surface area contributed by atoms with Crippen molar-refractivity contribution in [2.45, 2.75) is 37.8 Å². The molecule has 0 spiro atoms. The number of terminal acetylenes is 1. The van der Waals surface area contributed by atoms with E-state index in [1.165, 1.54) is 18.4 Å². The van der Waals surface area contributed by atoms with Gasteiger partial charge in [-0.2, -0.15) is 0 Å². The number of aliphatic hydroxyl groups excluding tert-OH is 1. The maximum absolute atomic E-state index is 14.6. The molecule has 0 unspecified atom stereocenters. The molecule has 0 atom stereocenters. The fourth-order valence-corrected chi connectivity index (χ4v) is 6.57. The van der Waals surface area contributed by atoms with E-state index >= 15 is 0 Å². The van der Waals surface area contributed by atoms with Gasteiger partial charge >= 0.3 is 0 Å². The minimum Gasteiger partial charge on any atom is -0.462 e. The smallest absolute Gasteiger partial charge is 0.297 e. The van der Waals surface area contributed by atoms with Gasteiger partial charge in [0.2, 0.25) is 0 Å². The molecule has 0 amide bonds. The molecule has 6 rings (SSSR count). The van der Waals surface area contributed by atoms with E-state index in [-0.39, 0.29) is 29.9 Å². The van der Waals surface area contributed by atoms with Gasteiger partial charge in [-0.15, -0.1) is 0 Å². The summed E-state index contributed by atoms with van der Waals surface area (Å²) in [6, 6.07) is 8.75. The van der Waals surface area contributed by atoms with Crippen LogP contribution in [0, 0.1) is 12.5 Å². The van der Waals surface area contributed by atoms with Gasteiger partial charge in [-0.25, -0.2) is 31.6 Å². The van der Waals surface area contributed by atoms with E-state index in [0.717, 1.165) is 31.3 Å². The molecule has 0 aliphatic carbocycles. The SMILES string of the molecule is C#CO.FC(F)c1nc(N2CCCC2)c2oc3ccccc3c2n1.O=c1[nH]cc(Br)cc1C1(F)CCS(=O)(=O)CC1. The molecule has 9 nitrogen and oxygen atoms in total. The number of aliphatic hydroxyl groups is 1. The maximum Gasteiger partial charge on any atom is 0.297 e. The summed E-state index contributed by atoms with van der Waals surface area (Å²) in [6.07, 6.45) is 5.90. The molecule has 218 valence electrons. The molecule has 0 bridgehead atoms. The van der Waals surface area contributed by atoms with Crippen LogP contribution >= 0.6 is 15.9 Å². The fourth-order valence-electron chi connectivity index (χ4n) is 4.76. The molecule has 0 radical (unpaired) electrons. The third kappa shape index (κ3) is 6.84. The summed E-state index contributed by atoms with van der Waals surface area (Å²) in [6.45, 7) is 1.62. The van der Waals surface area contributed by atoms with E-state index in [1.54, 1.807) is 0 Å². The molecule has 2 fully saturated rings. The topological polar surface area (TPSA) is 129 Å². The van der Waals surface area contributed by atoms with Crippen molar-refractivity contribution in [2.75, 3.05) is 29.5 Å². The first-order valence-electron chi connectivity index (χ1n) is 12.6. The third-order valence-corrected chi connectivity index (χ3v) is 8.90. The molecular weight excluding hydrogens is 629 g/mol. The first-order valence-corrected chi connectivity index (χ1v) is 15.2. The maximum atomic E-state index is 14.6. The molecule has 1 aromatic carbocycles. The third-order valence-electron chi connectivity index (χ3n) is 6.79. The van der Waals surface area contributed by atoms with Crippen molar-refractivity contribution in [1.29, 1.82) is 0 Å². The first-order chi connectivity index (χ1) is 19.5. The summed E-state index contributed by atoms with van der Waals surface area (Å²) in [7, 11) is -3.15.